The number of anilines is 1. The number of aromatic nitrogens is 2. The second kappa shape index (κ2) is 7.76. The summed E-state index contributed by atoms with van der Waals surface area (Å²) in [5.74, 6) is 0.213. The van der Waals surface area contributed by atoms with E-state index in [1.807, 2.05) is 0 Å². The molecule has 1 unspecified atom stereocenters. The van der Waals surface area contributed by atoms with Gasteiger partial charge in [-0.05, 0) is 18.9 Å². The van der Waals surface area contributed by atoms with Gasteiger partial charge in [0.15, 0.2) is 0 Å². The van der Waals surface area contributed by atoms with Crippen LogP contribution in [0.4, 0.5) is 5.95 Å². The topological polar surface area (TPSA) is 85.4 Å². The van der Waals surface area contributed by atoms with Crippen molar-refractivity contribution in [1.82, 2.24) is 15.3 Å². The van der Waals surface area contributed by atoms with Crippen molar-refractivity contribution in [1.29, 1.82) is 0 Å². The Morgan fingerprint density at radius 3 is 3.25 bits per heavy atom. The molecule has 110 valence electrons. The van der Waals surface area contributed by atoms with Gasteiger partial charge >= 0.3 is 0 Å². The molecule has 2 heterocycles. The van der Waals surface area contributed by atoms with Crippen molar-refractivity contribution < 1.29 is 14.3 Å². The van der Waals surface area contributed by atoms with E-state index in [0.717, 1.165) is 19.4 Å². The molecule has 7 nitrogen and oxygen atoms in total. The van der Waals surface area contributed by atoms with Gasteiger partial charge in [-0.1, -0.05) is 0 Å². The predicted molar refractivity (Wildman–Crippen MR) is 73.7 cm³/mol. The number of carbonyl (C=O) groups excluding carboxylic acids is 1. The van der Waals surface area contributed by atoms with Gasteiger partial charge in [0.25, 0.3) is 5.91 Å². The normalized spacial score (nSPS) is 17.9. The van der Waals surface area contributed by atoms with Gasteiger partial charge in [0.2, 0.25) is 5.95 Å². The number of hydrogen-bond acceptors (Lipinski definition) is 6. The molecule has 2 rings (SSSR count). The lowest BCUT2D eigenvalue weighted by Crippen LogP contribution is -2.32. The van der Waals surface area contributed by atoms with Gasteiger partial charge in [0.1, 0.15) is 5.69 Å². The first kappa shape index (κ1) is 14.7. The monoisotopic (exact) mass is 280 g/mol. The first-order valence-electron chi connectivity index (χ1n) is 6.75. The maximum atomic E-state index is 12.0. The first-order valence-corrected chi connectivity index (χ1v) is 6.75. The van der Waals surface area contributed by atoms with Gasteiger partial charge in [-0.15, -0.1) is 0 Å². The minimum Gasteiger partial charge on any atom is -0.383 e. The van der Waals surface area contributed by atoms with E-state index in [4.69, 9.17) is 9.47 Å². The molecule has 0 aliphatic carbocycles. The molecule has 0 radical (unpaired) electrons. The van der Waals surface area contributed by atoms with Crippen molar-refractivity contribution in [3.8, 4) is 0 Å². The Hall–Kier alpha value is -1.73. The number of hydrogen-bond donors (Lipinski definition) is 2. The van der Waals surface area contributed by atoms with Gasteiger partial charge in [0.05, 0.1) is 12.7 Å². The summed E-state index contributed by atoms with van der Waals surface area (Å²) in [5.41, 5.74) is 0.345. The molecule has 1 atom stereocenters. The summed E-state index contributed by atoms with van der Waals surface area (Å²) in [5, 5.41) is 5.81. The summed E-state index contributed by atoms with van der Waals surface area (Å²) in [6.07, 6.45) is 3.73. The lowest BCUT2D eigenvalue weighted by Gasteiger charge is -2.10. The highest BCUT2D eigenvalue weighted by molar-refractivity contribution is 5.92. The van der Waals surface area contributed by atoms with E-state index in [9.17, 15) is 4.79 Å². The molecule has 7 heteroatoms. The van der Waals surface area contributed by atoms with E-state index >= 15 is 0 Å². The standard InChI is InChI=1S/C13H20N4O3/c1-19-8-6-15-13-14-5-4-11(17-13)12(18)16-9-10-3-2-7-20-10/h4-5,10H,2-3,6-9H2,1H3,(H,16,18)(H,14,15,17). The molecule has 0 saturated carbocycles. The molecule has 1 aliphatic heterocycles. The fourth-order valence-electron chi connectivity index (χ4n) is 1.94. The van der Waals surface area contributed by atoms with E-state index < -0.39 is 0 Å². The molecular weight excluding hydrogens is 260 g/mol. The smallest absolute Gasteiger partial charge is 0.270 e. The van der Waals surface area contributed by atoms with E-state index in [0.29, 0.717) is 31.3 Å². The van der Waals surface area contributed by atoms with Crippen LogP contribution in [0.2, 0.25) is 0 Å². The van der Waals surface area contributed by atoms with Crippen LogP contribution in [0.15, 0.2) is 12.3 Å². The number of ether oxygens (including phenoxy) is 2. The Balaban J connectivity index is 1.83. The third kappa shape index (κ3) is 4.43. The maximum absolute atomic E-state index is 12.0. The number of nitrogens with one attached hydrogen (secondary N) is 2. The molecule has 0 aromatic carbocycles. The number of rotatable bonds is 7. The third-order valence-corrected chi connectivity index (χ3v) is 2.99. The minimum atomic E-state index is -0.210. The molecule has 20 heavy (non-hydrogen) atoms. The number of nitrogens with zero attached hydrogens (tertiary/aromatic N) is 2. The molecule has 1 aliphatic rings. The van der Waals surface area contributed by atoms with E-state index in [1.54, 1.807) is 19.4 Å². The molecule has 1 saturated heterocycles. The molecule has 1 amide bonds. The fraction of sp³-hybridized carbons (Fsp3) is 0.615. The predicted octanol–water partition coefficient (Wildman–Crippen LogP) is 0.444. The van der Waals surface area contributed by atoms with Crippen LogP contribution in [-0.2, 0) is 9.47 Å². The van der Waals surface area contributed by atoms with Gasteiger partial charge in [-0.25, -0.2) is 9.97 Å². The Bertz CT molecular complexity index is 435. The molecule has 1 fully saturated rings. The van der Waals surface area contributed by atoms with Gasteiger partial charge in [-0.2, -0.15) is 0 Å². The third-order valence-electron chi connectivity index (χ3n) is 2.99. The van der Waals surface area contributed by atoms with Crippen LogP contribution in [0.5, 0.6) is 0 Å². The Labute approximate surface area is 118 Å². The van der Waals surface area contributed by atoms with Crippen LogP contribution in [0, 0.1) is 0 Å². The highest BCUT2D eigenvalue weighted by Crippen LogP contribution is 2.10. The van der Waals surface area contributed by atoms with Gasteiger partial charge < -0.3 is 20.1 Å². The van der Waals surface area contributed by atoms with Crippen molar-refractivity contribution in [2.24, 2.45) is 0 Å². The van der Waals surface area contributed by atoms with Crippen LogP contribution < -0.4 is 10.6 Å². The lowest BCUT2D eigenvalue weighted by molar-refractivity contribution is 0.0853. The summed E-state index contributed by atoms with van der Waals surface area (Å²) in [6, 6.07) is 1.59. The second-order valence-corrected chi connectivity index (χ2v) is 4.53. The Morgan fingerprint density at radius 2 is 2.50 bits per heavy atom. The molecular formula is C13H20N4O3. The molecule has 0 spiro atoms. The minimum absolute atomic E-state index is 0.125. The Kier molecular flexibility index (Phi) is 5.69. The number of carbonyl (C=O) groups is 1. The van der Waals surface area contributed by atoms with E-state index in [2.05, 4.69) is 20.6 Å². The molecule has 0 bridgehead atoms. The highest BCUT2D eigenvalue weighted by Gasteiger charge is 2.17. The van der Waals surface area contributed by atoms with Crippen molar-refractivity contribution in [2.45, 2.75) is 18.9 Å². The van der Waals surface area contributed by atoms with Crippen LogP contribution in [0.3, 0.4) is 0 Å². The molecule has 2 N–H and O–H groups in total. The zero-order valence-electron chi connectivity index (χ0n) is 11.6. The SMILES string of the molecule is COCCNc1nccc(C(=O)NCC2CCCO2)n1. The number of amides is 1. The molecule has 1 aromatic heterocycles. The highest BCUT2D eigenvalue weighted by atomic mass is 16.5. The molecule has 1 aromatic rings. The zero-order valence-corrected chi connectivity index (χ0v) is 11.6. The largest absolute Gasteiger partial charge is 0.383 e. The first-order chi connectivity index (χ1) is 9.79. The van der Waals surface area contributed by atoms with Crippen LogP contribution in [-0.4, -0.2) is 55.4 Å². The van der Waals surface area contributed by atoms with Crippen LogP contribution in [0.25, 0.3) is 0 Å². The average Bonchev–Trinajstić information content (AvgIpc) is 2.99. The van der Waals surface area contributed by atoms with Crippen LogP contribution in [0.1, 0.15) is 23.3 Å². The summed E-state index contributed by atoms with van der Waals surface area (Å²) >= 11 is 0. The van der Waals surface area contributed by atoms with Crippen molar-refractivity contribution in [3.63, 3.8) is 0 Å². The van der Waals surface area contributed by atoms with Crippen molar-refractivity contribution in [2.75, 3.05) is 38.7 Å². The summed E-state index contributed by atoms with van der Waals surface area (Å²) < 4.78 is 10.4. The fourth-order valence-corrected chi connectivity index (χ4v) is 1.94. The number of methoxy groups -OCH3 is 1. The van der Waals surface area contributed by atoms with E-state index in [1.165, 1.54) is 0 Å². The van der Waals surface area contributed by atoms with Crippen molar-refractivity contribution in [3.05, 3.63) is 18.0 Å². The van der Waals surface area contributed by atoms with Crippen LogP contribution >= 0.6 is 0 Å². The summed E-state index contributed by atoms with van der Waals surface area (Å²) in [7, 11) is 1.62. The maximum Gasteiger partial charge on any atom is 0.270 e. The summed E-state index contributed by atoms with van der Waals surface area (Å²) in [4.78, 5) is 20.2. The Morgan fingerprint density at radius 1 is 1.60 bits per heavy atom. The second-order valence-electron chi connectivity index (χ2n) is 4.53. The van der Waals surface area contributed by atoms with E-state index in [-0.39, 0.29) is 12.0 Å². The summed E-state index contributed by atoms with van der Waals surface area (Å²) in [6.45, 7) is 2.45. The average molecular weight is 280 g/mol. The quantitative estimate of drug-likeness (QED) is 0.705. The zero-order chi connectivity index (χ0) is 14.2. The van der Waals surface area contributed by atoms with Crippen molar-refractivity contribution >= 4 is 11.9 Å². The van der Waals surface area contributed by atoms with Gasteiger partial charge in [0, 0.05) is 33.0 Å². The van der Waals surface area contributed by atoms with Gasteiger partial charge in [-0.3, -0.25) is 4.79 Å². The lowest BCUT2D eigenvalue weighted by atomic mass is 10.2.